The Kier molecular flexibility index (Phi) is 10.0. The molecule has 12 heteroatoms. The van der Waals surface area contributed by atoms with Crippen molar-refractivity contribution in [1.82, 2.24) is 14.8 Å². The van der Waals surface area contributed by atoms with Crippen LogP contribution in [0.2, 0.25) is 0 Å². The van der Waals surface area contributed by atoms with Crippen LogP contribution in [0.4, 0.5) is 4.79 Å². The molecule has 1 aliphatic carbocycles. The van der Waals surface area contributed by atoms with Crippen LogP contribution >= 0.6 is 11.3 Å². The molecule has 1 aromatic heterocycles. The van der Waals surface area contributed by atoms with E-state index in [1.54, 1.807) is 59.9 Å². The number of carbonyl (C=O) groups is 5. The van der Waals surface area contributed by atoms with Gasteiger partial charge in [-0.2, -0.15) is 5.26 Å². The van der Waals surface area contributed by atoms with Gasteiger partial charge >= 0.3 is 12.1 Å². The second-order valence-corrected chi connectivity index (χ2v) is 11.9. The number of hydrogen-bond donors (Lipinski definition) is 1. The van der Waals surface area contributed by atoms with E-state index in [0.717, 1.165) is 11.3 Å². The predicted molar refractivity (Wildman–Crippen MR) is 156 cm³/mol. The lowest BCUT2D eigenvalue weighted by atomic mass is 9.71. The summed E-state index contributed by atoms with van der Waals surface area (Å²) >= 11 is 1.16. The fourth-order valence-electron chi connectivity index (χ4n) is 4.80. The Bertz CT molecular complexity index is 1560. The Morgan fingerprint density at radius 1 is 1.05 bits per heavy atom. The maximum atomic E-state index is 13.2. The zero-order valence-electron chi connectivity index (χ0n) is 24.6. The van der Waals surface area contributed by atoms with Crippen LogP contribution in [0.25, 0.3) is 10.2 Å². The van der Waals surface area contributed by atoms with E-state index in [2.05, 4.69) is 4.98 Å². The maximum Gasteiger partial charge on any atom is 0.415 e. The highest BCUT2D eigenvalue weighted by molar-refractivity contribution is 7.19. The molecular weight excluding hydrogens is 560 g/mol. The number of fused-ring (bicyclic) bond motifs is 1. The number of Topliss-reactive ketones (excluding diaryl/α,β-unsaturated/α-hetero) is 2. The SMILES string of the molecule is CC1=C(C)C(=O)C(C(C)(C)CC(=O)N(C)CCN(CCCC(=O)O)C(=O)Oc2ccc3nc(C#N)sc3c2)=C(C)C1=O. The van der Waals surface area contributed by atoms with Gasteiger partial charge in [0, 0.05) is 73.3 Å². The Hall–Kier alpha value is -4.37. The van der Waals surface area contributed by atoms with E-state index in [4.69, 9.17) is 15.1 Å². The summed E-state index contributed by atoms with van der Waals surface area (Å²) in [5, 5.41) is 18.4. The molecule has 0 aliphatic heterocycles. The van der Waals surface area contributed by atoms with Crippen molar-refractivity contribution in [2.45, 2.75) is 53.9 Å². The van der Waals surface area contributed by atoms with Crippen LogP contribution < -0.4 is 4.74 Å². The van der Waals surface area contributed by atoms with Gasteiger partial charge in [-0.25, -0.2) is 9.78 Å². The molecule has 1 N–H and O–H groups in total. The molecule has 0 radical (unpaired) electrons. The number of benzene rings is 1. The predicted octanol–water partition coefficient (Wildman–Crippen LogP) is 4.51. The molecule has 0 saturated heterocycles. The van der Waals surface area contributed by atoms with Gasteiger partial charge in [0.15, 0.2) is 16.6 Å². The van der Waals surface area contributed by atoms with Crippen molar-refractivity contribution in [2.24, 2.45) is 5.41 Å². The number of likely N-dealkylation sites (N-methyl/N-ethyl adjacent to an activating group) is 1. The molecule has 11 nitrogen and oxygen atoms in total. The largest absolute Gasteiger partial charge is 0.481 e. The van der Waals surface area contributed by atoms with Crippen molar-refractivity contribution in [2.75, 3.05) is 26.7 Å². The maximum absolute atomic E-state index is 13.2. The number of carbonyl (C=O) groups excluding carboxylic acids is 4. The second kappa shape index (κ2) is 13.1. The first-order valence-corrected chi connectivity index (χ1v) is 14.2. The molecule has 222 valence electrons. The molecule has 0 atom stereocenters. The Balaban J connectivity index is 1.69. The van der Waals surface area contributed by atoms with Crippen LogP contribution in [0.3, 0.4) is 0 Å². The summed E-state index contributed by atoms with van der Waals surface area (Å²) in [6.07, 6.45) is -0.712. The van der Waals surface area contributed by atoms with Crippen molar-refractivity contribution in [3.05, 3.63) is 45.5 Å². The number of carboxylic acid groups (broad SMARTS) is 1. The van der Waals surface area contributed by atoms with Crippen molar-refractivity contribution >= 4 is 51.1 Å². The zero-order valence-corrected chi connectivity index (χ0v) is 25.4. The summed E-state index contributed by atoms with van der Waals surface area (Å²) < 4.78 is 6.22. The van der Waals surface area contributed by atoms with Gasteiger partial charge in [-0.1, -0.05) is 13.8 Å². The molecule has 2 aromatic rings. The van der Waals surface area contributed by atoms with Gasteiger partial charge in [-0.15, -0.1) is 11.3 Å². The molecule has 42 heavy (non-hydrogen) atoms. The number of amides is 2. The van der Waals surface area contributed by atoms with Gasteiger partial charge in [0.2, 0.25) is 5.91 Å². The van der Waals surface area contributed by atoms with E-state index < -0.39 is 17.5 Å². The van der Waals surface area contributed by atoms with Crippen LogP contribution in [0.15, 0.2) is 40.5 Å². The van der Waals surface area contributed by atoms with Gasteiger partial charge in [0.1, 0.15) is 11.8 Å². The standard InChI is InChI=1S/C30H34N4O7S/c1-17-18(2)28(39)26(19(3)27(17)38)30(4,5)15-24(35)33(6)12-13-34(11-7-8-25(36)37)29(40)41-20-9-10-21-22(14-20)42-23(16-31)32-21/h9-10,14H,7-8,11-13,15H2,1-6H3,(H,36,37). The van der Waals surface area contributed by atoms with Crippen LogP contribution in [0.1, 0.15) is 58.9 Å². The number of hydrogen-bond acceptors (Lipinski definition) is 9. The highest BCUT2D eigenvalue weighted by Crippen LogP contribution is 2.39. The lowest BCUT2D eigenvalue weighted by Gasteiger charge is -2.33. The number of thiazole rings is 1. The topological polar surface area (TPSA) is 158 Å². The zero-order chi connectivity index (χ0) is 31.4. The van der Waals surface area contributed by atoms with Crippen molar-refractivity contribution < 1.29 is 33.8 Å². The summed E-state index contributed by atoms with van der Waals surface area (Å²) in [5.74, 6) is -1.48. The molecule has 2 amide bonds. The second-order valence-electron chi connectivity index (χ2n) is 10.9. The lowest BCUT2D eigenvalue weighted by Crippen LogP contribution is -2.42. The van der Waals surface area contributed by atoms with Gasteiger partial charge in [-0.05, 0) is 39.3 Å². The van der Waals surface area contributed by atoms with E-state index in [9.17, 15) is 24.0 Å². The number of rotatable bonds is 11. The van der Waals surface area contributed by atoms with Crippen LogP contribution in [0.5, 0.6) is 5.75 Å². The normalized spacial score (nSPS) is 13.8. The highest BCUT2D eigenvalue weighted by atomic mass is 32.1. The van der Waals surface area contributed by atoms with E-state index in [1.807, 2.05) is 6.07 Å². The number of allylic oxidation sites excluding steroid dienone is 4. The third-order valence-corrected chi connectivity index (χ3v) is 8.25. The number of nitriles is 1. The number of nitrogens with zero attached hydrogens (tertiary/aromatic N) is 4. The summed E-state index contributed by atoms with van der Waals surface area (Å²) in [6, 6.07) is 6.78. The van der Waals surface area contributed by atoms with Gasteiger partial charge in [0.05, 0.1) is 10.2 Å². The Morgan fingerprint density at radius 3 is 2.36 bits per heavy atom. The summed E-state index contributed by atoms with van der Waals surface area (Å²) in [6.45, 7) is 8.64. The van der Waals surface area contributed by atoms with E-state index >= 15 is 0 Å². The van der Waals surface area contributed by atoms with Crippen LogP contribution in [-0.4, -0.2) is 76.1 Å². The van der Waals surface area contributed by atoms with Gasteiger partial charge < -0.3 is 19.6 Å². The average molecular weight is 595 g/mol. The minimum absolute atomic E-state index is 0.0372. The fourth-order valence-corrected chi connectivity index (χ4v) is 5.59. The molecule has 1 heterocycles. The number of aliphatic carboxylic acids is 1. The quantitative estimate of drug-likeness (QED) is 0.369. The summed E-state index contributed by atoms with van der Waals surface area (Å²) in [7, 11) is 1.58. The minimum Gasteiger partial charge on any atom is -0.481 e. The molecule has 0 unspecified atom stereocenters. The molecule has 1 aliphatic rings. The van der Waals surface area contributed by atoms with Crippen LogP contribution in [0, 0.1) is 16.7 Å². The fraction of sp³-hybridized carbons (Fsp3) is 0.433. The van der Waals surface area contributed by atoms with Crippen LogP contribution in [-0.2, 0) is 19.2 Å². The molecule has 0 saturated carbocycles. The van der Waals surface area contributed by atoms with Crippen molar-refractivity contribution in [1.29, 1.82) is 5.26 Å². The van der Waals surface area contributed by atoms with E-state index in [0.29, 0.717) is 32.5 Å². The summed E-state index contributed by atoms with van der Waals surface area (Å²) in [4.78, 5) is 70.0. The Labute approximate surface area is 248 Å². The van der Waals surface area contributed by atoms with Crippen molar-refractivity contribution in [3.8, 4) is 11.8 Å². The van der Waals surface area contributed by atoms with Gasteiger partial charge in [0.25, 0.3) is 0 Å². The highest BCUT2D eigenvalue weighted by Gasteiger charge is 2.38. The number of aromatic nitrogens is 1. The molecule has 1 aromatic carbocycles. The Morgan fingerprint density at radius 2 is 1.71 bits per heavy atom. The molecular formula is C30H34N4O7S. The van der Waals surface area contributed by atoms with E-state index in [-0.39, 0.29) is 67.1 Å². The van der Waals surface area contributed by atoms with Crippen molar-refractivity contribution in [3.63, 3.8) is 0 Å². The molecule has 3 rings (SSSR count). The third-order valence-electron chi connectivity index (χ3n) is 7.32. The molecule has 0 spiro atoms. The molecule has 0 fully saturated rings. The monoisotopic (exact) mass is 594 g/mol. The smallest absolute Gasteiger partial charge is 0.415 e. The number of ether oxygens (including phenoxy) is 1. The average Bonchev–Trinajstić information content (AvgIpc) is 3.34. The first kappa shape index (κ1) is 32.1. The number of ketones is 2. The minimum atomic E-state index is -0.998. The third kappa shape index (κ3) is 7.28. The molecule has 0 bridgehead atoms. The van der Waals surface area contributed by atoms with E-state index in [1.165, 1.54) is 9.80 Å². The lowest BCUT2D eigenvalue weighted by molar-refractivity contribution is -0.137. The first-order chi connectivity index (χ1) is 19.7. The summed E-state index contributed by atoms with van der Waals surface area (Å²) in [5.41, 5.74) is 1.15. The number of carboxylic acids is 1. The first-order valence-electron chi connectivity index (χ1n) is 13.4. The van der Waals surface area contributed by atoms with Gasteiger partial charge in [-0.3, -0.25) is 19.2 Å².